The molecule has 0 saturated carbocycles. The number of benzene rings is 2. The van der Waals surface area contributed by atoms with Gasteiger partial charge < -0.3 is 13.9 Å². The van der Waals surface area contributed by atoms with Gasteiger partial charge in [-0.25, -0.2) is 4.98 Å². The van der Waals surface area contributed by atoms with Crippen LogP contribution in [0.1, 0.15) is 0 Å². The molecule has 0 amide bonds. The molecule has 0 aliphatic carbocycles. The fraction of sp³-hybridized carbons (Fsp3) is 0.0455. The molecule has 5 aromatic rings. The lowest BCUT2D eigenvalue weighted by molar-refractivity contribution is 0.472. The van der Waals surface area contributed by atoms with Crippen molar-refractivity contribution in [3.8, 4) is 5.75 Å². The quantitative estimate of drug-likeness (QED) is 0.222. The minimum absolute atomic E-state index is 0.00634. The highest BCUT2D eigenvalue weighted by Gasteiger charge is 2.08. The first-order valence-electron chi connectivity index (χ1n) is 8.76. The highest BCUT2D eigenvalue weighted by atomic mass is 35.6. The monoisotopic (exact) mass is 477 g/mol. The van der Waals surface area contributed by atoms with Crippen molar-refractivity contribution in [1.82, 2.24) is 4.98 Å². The Kier molecular flexibility index (Phi) is 7.52. The second-order valence-electron chi connectivity index (χ2n) is 6.00. The predicted octanol–water partition coefficient (Wildman–Crippen LogP) is 5.83. The average molecular weight is 479 g/mol. The third-order valence-corrected chi connectivity index (χ3v) is 3.97. The van der Waals surface area contributed by atoms with Crippen LogP contribution in [0.25, 0.3) is 33.0 Å². The second kappa shape index (κ2) is 10.3. The molecule has 3 heterocycles. The number of hydrogen-bond donors (Lipinski definition) is 1. The van der Waals surface area contributed by atoms with Crippen molar-refractivity contribution in [2.75, 3.05) is 0 Å². The van der Waals surface area contributed by atoms with Crippen LogP contribution >= 0.6 is 34.8 Å². The molecular weight excluding hydrogens is 465 g/mol. The number of aromatic nitrogens is 1. The topological polar surface area (TPSA) is 93.5 Å². The fourth-order valence-electron chi connectivity index (χ4n) is 2.70. The fourth-order valence-corrected chi connectivity index (χ4v) is 2.70. The number of nitrogens with zero attached hydrogens (tertiary/aromatic N) is 1. The molecular formula is C22H14Cl3NO5. The summed E-state index contributed by atoms with van der Waals surface area (Å²) in [6.07, 6.45) is 2.64. The average Bonchev–Trinajstić information content (AvgIpc) is 2.74. The zero-order valence-corrected chi connectivity index (χ0v) is 17.9. The Labute approximate surface area is 190 Å². The van der Waals surface area contributed by atoms with Gasteiger partial charge in [-0.1, -0.05) is 59.1 Å². The van der Waals surface area contributed by atoms with Gasteiger partial charge in [0.2, 0.25) is 5.43 Å². The van der Waals surface area contributed by atoms with Gasteiger partial charge in [0, 0.05) is 12.1 Å². The van der Waals surface area contributed by atoms with E-state index < -0.39 is 4.30 Å². The van der Waals surface area contributed by atoms with Gasteiger partial charge in [0.1, 0.15) is 16.9 Å². The number of hydrogen-bond acceptors (Lipinski definition) is 6. The smallest absolute Gasteiger partial charge is 0.218 e. The van der Waals surface area contributed by atoms with E-state index >= 15 is 0 Å². The van der Waals surface area contributed by atoms with Crippen molar-refractivity contribution in [1.29, 1.82) is 0 Å². The molecule has 3 aromatic heterocycles. The summed E-state index contributed by atoms with van der Waals surface area (Å²) in [5.41, 5.74) is 1.48. The summed E-state index contributed by atoms with van der Waals surface area (Å²) in [4.78, 5) is 27.0. The van der Waals surface area contributed by atoms with Gasteiger partial charge >= 0.3 is 0 Å². The van der Waals surface area contributed by atoms with Gasteiger partial charge in [0.05, 0.1) is 23.2 Å². The largest absolute Gasteiger partial charge is 0.506 e. The zero-order chi connectivity index (χ0) is 22.4. The molecule has 0 atom stereocenters. The lowest BCUT2D eigenvalue weighted by atomic mass is 10.2. The molecule has 0 spiro atoms. The molecule has 0 saturated heterocycles. The third kappa shape index (κ3) is 5.76. The Morgan fingerprint density at radius 1 is 0.839 bits per heavy atom. The Morgan fingerprint density at radius 2 is 1.45 bits per heavy atom. The summed E-state index contributed by atoms with van der Waals surface area (Å²) < 4.78 is 9.83. The first-order valence-corrected chi connectivity index (χ1v) is 10.1. The van der Waals surface area contributed by atoms with Crippen LogP contribution in [0.5, 0.6) is 5.75 Å². The van der Waals surface area contributed by atoms with Crippen molar-refractivity contribution in [2.24, 2.45) is 0 Å². The van der Waals surface area contributed by atoms with E-state index in [0.29, 0.717) is 27.5 Å². The Balaban J connectivity index is 0.000000158. The Bertz CT molecular complexity index is 1440. The van der Waals surface area contributed by atoms with E-state index in [4.69, 9.17) is 43.6 Å². The number of para-hydroxylation sites is 2. The van der Waals surface area contributed by atoms with Crippen molar-refractivity contribution in [3.63, 3.8) is 0 Å². The van der Waals surface area contributed by atoms with Crippen molar-refractivity contribution < 1.29 is 13.9 Å². The van der Waals surface area contributed by atoms with E-state index in [1.165, 1.54) is 24.6 Å². The van der Waals surface area contributed by atoms with Gasteiger partial charge in [0.15, 0.2) is 20.8 Å². The molecule has 0 unspecified atom stereocenters. The summed E-state index contributed by atoms with van der Waals surface area (Å²) >= 11 is 14.4. The lowest BCUT2D eigenvalue weighted by Gasteiger charge is -2.00. The summed E-state index contributed by atoms with van der Waals surface area (Å²) in [7, 11) is 0. The summed E-state index contributed by atoms with van der Waals surface area (Å²) in [5, 5.41) is 10.4. The number of halogens is 3. The molecule has 2 aromatic carbocycles. The van der Waals surface area contributed by atoms with Crippen molar-refractivity contribution in [3.05, 3.63) is 93.6 Å². The van der Waals surface area contributed by atoms with Crippen LogP contribution in [0.15, 0.2) is 91.5 Å². The van der Waals surface area contributed by atoms with E-state index in [0.717, 1.165) is 0 Å². The number of fused-ring (bicyclic) bond motifs is 3. The zero-order valence-electron chi connectivity index (χ0n) is 15.7. The molecule has 1 N–H and O–H groups in total. The van der Waals surface area contributed by atoms with Crippen LogP contribution < -0.4 is 10.9 Å². The van der Waals surface area contributed by atoms with Gasteiger partial charge in [-0.3, -0.25) is 9.59 Å². The molecule has 0 aliphatic rings. The van der Waals surface area contributed by atoms with Crippen LogP contribution in [-0.2, 0) is 0 Å². The Morgan fingerprint density at radius 3 is 2.13 bits per heavy atom. The van der Waals surface area contributed by atoms with E-state index in [1.54, 1.807) is 36.4 Å². The van der Waals surface area contributed by atoms with Crippen LogP contribution in [0.2, 0.25) is 0 Å². The number of rotatable bonds is 0. The summed E-state index contributed by atoms with van der Waals surface area (Å²) in [6.45, 7) is 0. The Hall–Kier alpha value is -3.06. The maximum atomic E-state index is 12.0. The first-order chi connectivity index (χ1) is 14.9. The van der Waals surface area contributed by atoms with Crippen LogP contribution in [0, 0.1) is 0 Å². The first kappa shape index (κ1) is 22.6. The van der Waals surface area contributed by atoms with Crippen molar-refractivity contribution in [2.45, 2.75) is 4.30 Å². The van der Waals surface area contributed by atoms with E-state index in [-0.39, 0.29) is 22.1 Å². The van der Waals surface area contributed by atoms with Gasteiger partial charge in [-0.15, -0.1) is 0 Å². The molecule has 0 radical (unpaired) electrons. The molecule has 0 bridgehead atoms. The highest BCUT2D eigenvalue weighted by molar-refractivity contribution is 6.63. The van der Waals surface area contributed by atoms with Crippen LogP contribution in [0.3, 0.4) is 0 Å². The molecule has 158 valence electrons. The molecule has 6 nitrogen and oxygen atoms in total. The number of aromatic hydroxyl groups is 1. The maximum Gasteiger partial charge on any atom is 0.218 e. The summed E-state index contributed by atoms with van der Waals surface area (Å²) in [6, 6.07) is 16.9. The molecule has 0 aliphatic heterocycles. The molecule has 5 rings (SSSR count). The van der Waals surface area contributed by atoms with Gasteiger partial charge in [0.25, 0.3) is 0 Å². The number of pyridine rings is 1. The highest BCUT2D eigenvalue weighted by Crippen LogP contribution is 2.19. The van der Waals surface area contributed by atoms with E-state index in [9.17, 15) is 14.7 Å². The van der Waals surface area contributed by atoms with Gasteiger partial charge in [-0.2, -0.15) is 0 Å². The van der Waals surface area contributed by atoms with Crippen molar-refractivity contribution >= 4 is 67.8 Å². The SMILES string of the molecule is ClC(Cl)Cl.O=c1c2ccccc2oc2cc(O)cnc12.O=c1ccoc2ccccc12. The standard InChI is InChI=1S/C12H7NO3.C9H6O2.CHCl3/c14-7-5-10-11(13-6-7)12(15)8-3-1-2-4-9(8)16-10;10-8-5-6-11-9-4-2-1-3-7(8)9;2-1(3)4/h1-6,14H;1-6H;1H. The molecule has 9 heteroatoms. The van der Waals surface area contributed by atoms with Crippen LogP contribution in [-0.4, -0.2) is 14.4 Å². The second-order valence-corrected chi connectivity index (χ2v) is 7.98. The van der Waals surface area contributed by atoms with Crippen LogP contribution in [0.4, 0.5) is 0 Å². The number of alkyl halides is 3. The van der Waals surface area contributed by atoms with E-state index in [2.05, 4.69) is 4.98 Å². The normalized spacial score (nSPS) is 10.5. The van der Waals surface area contributed by atoms with Gasteiger partial charge in [-0.05, 0) is 24.3 Å². The molecule has 0 fully saturated rings. The summed E-state index contributed by atoms with van der Waals surface area (Å²) in [5.74, 6) is -0.0223. The lowest BCUT2D eigenvalue weighted by Crippen LogP contribution is -2.03. The van der Waals surface area contributed by atoms with E-state index in [1.807, 2.05) is 12.1 Å². The third-order valence-electron chi connectivity index (χ3n) is 3.97. The predicted molar refractivity (Wildman–Crippen MR) is 123 cm³/mol. The minimum atomic E-state index is -0.750. The minimum Gasteiger partial charge on any atom is -0.506 e. The molecule has 31 heavy (non-hydrogen) atoms. The maximum absolute atomic E-state index is 12.0.